The number of hydrazine groups is 1. The van der Waals surface area contributed by atoms with E-state index in [2.05, 4.69) is 10.7 Å². The van der Waals surface area contributed by atoms with Crippen LogP contribution in [0, 0.1) is 5.92 Å². The molecule has 0 saturated carbocycles. The van der Waals surface area contributed by atoms with Gasteiger partial charge in [-0.3, -0.25) is 19.8 Å². The zero-order chi connectivity index (χ0) is 18.5. The molecule has 0 radical (unpaired) electrons. The minimum absolute atomic E-state index is 0. The van der Waals surface area contributed by atoms with Crippen LogP contribution in [0.3, 0.4) is 0 Å². The summed E-state index contributed by atoms with van der Waals surface area (Å²) in [4.78, 5) is 38.0. The lowest BCUT2D eigenvalue weighted by atomic mass is 9.93. The van der Waals surface area contributed by atoms with Gasteiger partial charge < -0.3 is 10.2 Å². The standard InChI is InChI=1S/C19H26N4O3.ClH/c1-20-11-8-14-9-12-22(13-10-14)19(26)15-2-4-16(5-3-15)23-18(25)7-6-17(24)21-23;/h2-5,14,20H,6-13H2,1H3,(H,21,24);1H. The maximum absolute atomic E-state index is 12.7. The molecule has 148 valence electrons. The number of nitrogens with zero attached hydrogens (tertiary/aromatic N) is 2. The van der Waals surface area contributed by atoms with Crippen LogP contribution in [0.1, 0.15) is 42.5 Å². The van der Waals surface area contributed by atoms with Crippen molar-refractivity contribution < 1.29 is 14.4 Å². The van der Waals surface area contributed by atoms with E-state index in [0.29, 0.717) is 17.2 Å². The number of carbonyl (C=O) groups excluding carboxylic acids is 3. The van der Waals surface area contributed by atoms with Crippen LogP contribution < -0.4 is 15.8 Å². The van der Waals surface area contributed by atoms with Crippen LogP contribution in [0.15, 0.2) is 24.3 Å². The van der Waals surface area contributed by atoms with Gasteiger partial charge in [-0.05, 0) is 63.0 Å². The summed E-state index contributed by atoms with van der Waals surface area (Å²) in [7, 11) is 1.96. The Morgan fingerprint density at radius 2 is 1.81 bits per heavy atom. The first-order chi connectivity index (χ1) is 12.6. The minimum atomic E-state index is -0.175. The molecule has 2 heterocycles. The van der Waals surface area contributed by atoms with Crippen LogP contribution in [0.25, 0.3) is 0 Å². The molecule has 2 saturated heterocycles. The fourth-order valence-electron chi connectivity index (χ4n) is 3.49. The normalized spacial score (nSPS) is 18.1. The lowest BCUT2D eigenvalue weighted by molar-refractivity contribution is -0.130. The Morgan fingerprint density at radius 3 is 2.44 bits per heavy atom. The van der Waals surface area contributed by atoms with Crippen molar-refractivity contribution in [1.29, 1.82) is 0 Å². The summed E-state index contributed by atoms with van der Waals surface area (Å²) >= 11 is 0. The number of benzene rings is 1. The van der Waals surface area contributed by atoms with E-state index in [9.17, 15) is 14.4 Å². The smallest absolute Gasteiger partial charge is 0.253 e. The van der Waals surface area contributed by atoms with Crippen molar-refractivity contribution in [3.05, 3.63) is 29.8 Å². The van der Waals surface area contributed by atoms with Crippen LogP contribution in [-0.4, -0.2) is 49.3 Å². The Balaban J connectivity index is 0.00000261. The molecule has 1 aromatic carbocycles. The lowest BCUT2D eigenvalue weighted by Gasteiger charge is -2.32. The predicted molar refractivity (Wildman–Crippen MR) is 106 cm³/mol. The monoisotopic (exact) mass is 394 g/mol. The van der Waals surface area contributed by atoms with E-state index in [1.54, 1.807) is 24.3 Å². The van der Waals surface area contributed by atoms with Gasteiger partial charge in [-0.1, -0.05) is 0 Å². The second kappa shape index (κ2) is 9.71. The molecule has 1 aromatic rings. The topological polar surface area (TPSA) is 81.8 Å². The summed E-state index contributed by atoms with van der Waals surface area (Å²) in [5, 5.41) is 4.44. The summed E-state index contributed by atoms with van der Waals surface area (Å²) in [6.07, 6.45) is 3.66. The second-order valence-electron chi connectivity index (χ2n) is 6.94. The molecule has 7 nitrogen and oxygen atoms in total. The van der Waals surface area contributed by atoms with Crippen molar-refractivity contribution in [3.63, 3.8) is 0 Å². The Bertz CT molecular complexity index is 672. The van der Waals surface area contributed by atoms with Crippen LogP contribution >= 0.6 is 12.4 Å². The van der Waals surface area contributed by atoms with Gasteiger partial charge >= 0.3 is 0 Å². The number of amides is 3. The first kappa shape index (κ1) is 21.2. The molecule has 0 bridgehead atoms. The fourth-order valence-corrected chi connectivity index (χ4v) is 3.49. The third-order valence-corrected chi connectivity index (χ3v) is 5.13. The molecule has 2 aliphatic rings. The first-order valence-electron chi connectivity index (χ1n) is 9.25. The summed E-state index contributed by atoms with van der Waals surface area (Å²) in [5.74, 6) is 0.387. The van der Waals surface area contributed by atoms with Crippen LogP contribution in [0.2, 0.25) is 0 Å². The molecule has 0 aliphatic carbocycles. The molecular formula is C19H27ClN4O3. The van der Waals surface area contributed by atoms with Crippen LogP contribution in [-0.2, 0) is 9.59 Å². The molecule has 0 spiro atoms. The highest BCUT2D eigenvalue weighted by atomic mass is 35.5. The first-order valence-corrected chi connectivity index (χ1v) is 9.25. The third kappa shape index (κ3) is 5.20. The van der Waals surface area contributed by atoms with Gasteiger partial charge in [0, 0.05) is 31.5 Å². The summed E-state index contributed by atoms with van der Waals surface area (Å²) < 4.78 is 0. The highest BCUT2D eigenvalue weighted by molar-refractivity contribution is 6.01. The Kier molecular flexibility index (Phi) is 7.62. The number of likely N-dealkylation sites (tertiary alicyclic amines) is 1. The van der Waals surface area contributed by atoms with Gasteiger partial charge in [0.05, 0.1) is 5.69 Å². The maximum atomic E-state index is 12.7. The van der Waals surface area contributed by atoms with Gasteiger partial charge in [0.15, 0.2) is 0 Å². The number of hydrogen-bond acceptors (Lipinski definition) is 4. The van der Waals surface area contributed by atoms with E-state index in [4.69, 9.17) is 0 Å². The van der Waals surface area contributed by atoms with Gasteiger partial charge in [0.25, 0.3) is 5.91 Å². The molecule has 2 N–H and O–H groups in total. The highest BCUT2D eigenvalue weighted by Gasteiger charge is 2.26. The van der Waals surface area contributed by atoms with E-state index >= 15 is 0 Å². The van der Waals surface area contributed by atoms with Crippen LogP contribution in [0.5, 0.6) is 0 Å². The van der Waals surface area contributed by atoms with Crippen molar-refractivity contribution in [3.8, 4) is 0 Å². The van der Waals surface area contributed by atoms with Gasteiger partial charge in [0.1, 0.15) is 0 Å². The van der Waals surface area contributed by atoms with E-state index in [1.807, 2.05) is 11.9 Å². The van der Waals surface area contributed by atoms with E-state index in [-0.39, 0.29) is 43.0 Å². The second-order valence-corrected chi connectivity index (χ2v) is 6.94. The SMILES string of the molecule is CNCCC1CCN(C(=O)c2ccc(N3NC(=O)CCC3=O)cc2)CC1.Cl. The van der Waals surface area contributed by atoms with E-state index in [0.717, 1.165) is 38.9 Å². The molecule has 0 unspecified atom stereocenters. The van der Waals surface area contributed by atoms with Gasteiger partial charge in [-0.25, -0.2) is 5.01 Å². The molecular weight excluding hydrogens is 368 g/mol. The summed E-state index contributed by atoms with van der Waals surface area (Å²) in [5.41, 5.74) is 3.74. The maximum Gasteiger partial charge on any atom is 0.253 e. The van der Waals surface area contributed by atoms with Gasteiger partial charge in [-0.2, -0.15) is 0 Å². The quantitative estimate of drug-likeness (QED) is 0.796. The molecule has 0 aromatic heterocycles. The van der Waals surface area contributed by atoms with Crippen molar-refractivity contribution in [2.75, 3.05) is 31.7 Å². The Hall–Kier alpha value is -2.12. The third-order valence-electron chi connectivity index (χ3n) is 5.13. The zero-order valence-electron chi connectivity index (χ0n) is 15.6. The van der Waals surface area contributed by atoms with Gasteiger partial charge in [-0.15, -0.1) is 12.4 Å². The fraction of sp³-hybridized carbons (Fsp3) is 0.526. The largest absolute Gasteiger partial charge is 0.339 e. The molecule has 0 atom stereocenters. The molecule has 3 amide bonds. The molecule has 8 heteroatoms. The summed E-state index contributed by atoms with van der Waals surface area (Å²) in [6.45, 7) is 2.59. The number of rotatable bonds is 5. The average molecular weight is 395 g/mol. The van der Waals surface area contributed by atoms with Crippen molar-refractivity contribution in [2.24, 2.45) is 5.92 Å². The minimum Gasteiger partial charge on any atom is -0.339 e. The van der Waals surface area contributed by atoms with E-state index in [1.165, 1.54) is 5.01 Å². The van der Waals surface area contributed by atoms with E-state index < -0.39 is 0 Å². The predicted octanol–water partition coefficient (Wildman–Crippen LogP) is 1.73. The molecule has 27 heavy (non-hydrogen) atoms. The Morgan fingerprint density at radius 1 is 1.15 bits per heavy atom. The zero-order valence-corrected chi connectivity index (χ0v) is 16.4. The lowest BCUT2D eigenvalue weighted by Crippen LogP contribution is -2.50. The molecule has 2 fully saturated rings. The number of nitrogens with one attached hydrogen (secondary N) is 2. The number of halogens is 1. The van der Waals surface area contributed by atoms with Crippen molar-refractivity contribution >= 4 is 35.8 Å². The highest BCUT2D eigenvalue weighted by Crippen LogP contribution is 2.23. The summed E-state index contributed by atoms with van der Waals surface area (Å²) in [6, 6.07) is 6.85. The number of carbonyl (C=O) groups is 3. The average Bonchev–Trinajstić information content (AvgIpc) is 2.68. The molecule has 3 rings (SSSR count). The number of hydrogen-bond donors (Lipinski definition) is 2. The number of anilines is 1. The van der Waals surface area contributed by atoms with Crippen molar-refractivity contribution in [1.82, 2.24) is 15.6 Å². The van der Waals surface area contributed by atoms with Crippen LogP contribution in [0.4, 0.5) is 5.69 Å². The molecule has 2 aliphatic heterocycles. The Labute approximate surface area is 165 Å². The van der Waals surface area contributed by atoms with Crippen molar-refractivity contribution in [2.45, 2.75) is 32.1 Å². The number of piperidine rings is 1. The van der Waals surface area contributed by atoms with Gasteiger partial charge in [0.2, 0.25) is 11.8 Å².